The normalized spacial score (nSPS) is 12.6. The van der Waals surface area contributed by atoms with Gasteiger partial charge in [0.25, 0.3) is 0 Å². The molecule has 1 heterocycles. The van der Waals surface area contributed by atoms with E-state index in [0.717, 1.165) is 5.69 Å². The van der Waals surface area contributed by atoms with Gasteiger partial charge in [0.05, 0.1) is 0 Å². The molecule has 0 spiro atoms. The topological polar surface area (TPSA) is 38.0 Å². The molecule has 0 atom stereocenters. The van der Waals surface area contributed by atoms with Crippen LogP contribution in [0.25, 0.3) is 10.8 Å². The molecule has 0 saturated carbocycles. The van der Waals surface area contributed by atoms with Crippen LogP contribution in [0.15, 0.2) is 54.6 Å². The Morgan fingerprint density at radius 1 is 0.895 bits per heavy atom. The summed E-state index contributed by atoms with van der Waals surface area (Å²) in [6, 6.07) is 19.0. The Hall–Kier alpha value is -1.96. The number of benzene rings is 3. The summed E-state index contributed by atoms with van der Waals surface area (Å²) in [6.45, 7) is 0. The molecule has 3 heteroatoms. The number of nitrogens with two attached hydrogens (primary N) is 1. The Balaban J connectivity index is 1.98. The van der Waals surface area contributed by atoms with E-state index in [9.17, 15) is 0 Å². The van der Waals surface area contributed by atoms with Crippen LogP contribution in [0.2, 0.25) is 0 Å². The van der Waals surface area contributed by atoms with Crippen LogP contribution in [0.3, 0.4) is 0 Å². The summed E-state index contributed by atoms with van der Waals surface area (Å²) in [6.07, 6.45) is 0. The van der Waals surface area contributed by atoms with Gasteiger partial charge in [-0.1, -0.05) is 0 Å². The van der Waals surface area contributed by atoms with Crippen LogP contribution in [0, 0.1) is 0 Å². The van der Waals surface area contributed by atoms with E-state index >= 15 is 0 Å². The zero-order valence-electron chi connectivity index (χ0n) is 10.2. The minimum atomic E-state index is 0.357. The number of nitrogen functional groups attached to an aromatic ring is 1. The number of hydrogen-bond acceptors (Lipinski definition) is 2. The molecule has 1 aliphatic heterocycles. The molecule has 0 fully saturated rings. The van der Waals surface area contributed by atoms with Crippen LogP contribution < -0.4 is 20.0 Å². The Labute approximate surface area is 117 Å². The summed E-state index contributed by atoms with van der Waals surface area (Å²) in [5.41, 5.74) is 9.20. The number of rotatable bonds is 0. The summed E-state index contributed by atoms with van der Waals surface area (Å²) in [5.74, 6) is 0. The van der Waals surface area contributed by atoms with Gasteiger partial charge in [-0.15, -0.1) is 0 Å². The second-order valence-electron chi connectivity index (χ2n) is 4.64. The van der Waals surface area contributed by atoms with Crippen molar-refractivity contribution in [1.29, 1.82) is 0 Å². The van der Waals surface area contributed by atoms with Crippen LogP contribution in [-0.2, 0) is 0 Å². The van der Waals surface area contributed by atoms with Gasteiger partial charge >= 0.3 is 117 Å². The molecule has 0 aliphatic carbocycles. The van der Waals surface area contributed by atoms with Gasteiger partial charge in [-0.3, -0.25) is 0 Å². The van der Waals surface area contributed by atoms with Gasteiger partial charge in [0.1, 0.15) is 0 Å². The van der Waals surface area contributed by atoms with Crippen LogP contribution >= 0.6 is 0 Å². The van der Waals surface area contributed by atoms with Crippen molar-refractivity contribution in [2.45, 2.75) is 0 Å². The quantitative estimate of drug-likeness (QED) is 0.386. The molecular formula is C16H12N2Se. The first kappa shape index (κ1) is 10.9. The molecule has 92 valence electrons. The fourth-order valence-electron chi connectivity index (χ4n) is 2.44. The van der Waals surface area contributed by atoms with Crippen molar-refractivity contribution in [3.05, 3.63) is 54.6 Å². The van der Waals surface area contributed by atoms with Crippen molar-refractivity contribution in [2.75, 3.05) is 11.1 Å². The monoisotopic (exact) mass is 312 g/mol. The van der Waals surface area contributed by atoms with Crippen LogP contribution in [0.5, 0.6) is 0 Å². The molecule has 0 radical (unpaired) electrons. The number of hydrogen-bond donors (Lipinski definition) is 2. The Kier molecular flexibility index (Phi) is 2.31. The number of anilines is 3. The molecule has 4 rings (SSSR count). The number of fused-ring (bicyclic) bond motifs is 4. The van der Waals surface area contributed by atoms with Gasteiger partial charge < -0.3 is 0 Å². The maximum absolute atomic E-state index is 5.93. The average molecular weight is 311 g/mol. The van der Waals surface area contributed by atoms with Crippen molar-refractivity contribution in [3.8, 4) is 0 Å². The third-order valence-corrected chi connectivity index (χ3v) is 5.76. The summed E-state index contributed by atoms with van der Waals surface area (Å²) < 4.78 is 2.80. The second-order valence-corrected chi connectivity index (χ2v) is 6.92. The summed E-state index contributed by atoms with van der Waals surface area (Å²) in [7, 11) is 0. The van der Waals surface area contributed by atoms with E-state index in [0.29, 0.717) is 15.0 Å². The van der Waals surface area contributed by atoms with E-state index in [1.165, 1.54) is 31.1 Å². The van der Waals surface area contributed by atoms with E-state index in [1.54, 1.807) is 0 Å². The summed E-state index contributed by atoms with van der Waals surface area (Å²) in [4.78, 5) is 0. The SMILES string of the molecule is Nc1ccc2ccc3c(c2c1)Nc1ccccc1[Se]3. The van der Waals surface area contributed by atoms with Gasteiger partial charge in [0.2, 0.25) is 0 Å². The zero-order valence-corrected chi connectivity index (χ0v) is 11.9. The Morgan fingerprint density at radius 2 is 1.74 bits per heavy atom. The summed E-state index contributed by atoms with van der Waals surface area (Å²) in [5, 5.41) is 6.02. The van der Waals surface area contributed by atoms with Gasteiger partial charge in [0, 0.05) is 0 Å². The maximum atomic E-state index is 5.93. The Bertz CT molecular complexity index is 796. The van der Waals surface area contributed by atoms with E-state index in [4.69, 9.17) is 5.73 Å². The van der Waals surface area contributed by atoms with Crippen molar-refractivity contribution in [3.63, 3.8) is 0 Å². The van der Waals surface area contributed by atoms with Crippen molar-refractivity contribution < 1.29 is 0 Å². The van der Waals surface area contributed by atoms with E-state index < -0.39 is 0 Å². The van der Waals surface area contributed by atoms with Gasteiger partial charge in [-0.05, 0) is 0 Å². The van der Waals surface area contributed by atoms with Crippen molar-refractivity contribution >= 4 is 51.7 Å². The molecule has 3 aromatic carbocycles. The van der Waals surface area contributed by atoms with Crippen LogP contribution in [0.1, 0.15) is 0 Å². The first-order valence-corrected chi connectivity index (χ1v) is 7.89. The van der Waals surface area contributed by atoms with Gasteiger partial charge in [-0.25, -0.2) is 0 Å². The molecule has 0 unspecified atom stereocenters. The fraction of sp³-hybridized carbons (Fsp3) is 0. The molecule has 1 aliphatic rings. The number of para-hydroxylation sites is 1. The summed E-state index contributed by atoms with van der Waals surface area (Å²) >= 11 is 0.357. The average Bonchev–Trinajstić information content (AvgIpc) is 2.45. The third-order valence-electron chi connectivity index (χ3n) is 3.37. The van der Waals surface area contributed by atoms with E-state index in [2.05, 4.69) is 53.8 Å². The van der Waals surface area contributed by atoms with Crippen molar-refractivity contribution in [1.82, 2.24) is 0 Å². The second kappa shape index (κ2) is 4.02. The molecule has 0 amide bonds. The van der Waals surface area contributed by atoms with Crippen LogP contribution in [-0.4, -0.2) is 15.0 Å². The minimum absolute atomic E-state index is 0.357. The molecule has 0 bridgehead atoms. The van der Waals surface area contributed by atoms with E-state index in [1.807, 2.05) is 6.07 Å². The predicted molar refractivity (Wildman–Crippen MR) is 83.1 cm³/mol. The standard InChI is InChI=1S/C16H12N2Se/c17-11-7-5-10-6-8-15-16(12(10)9-11)18-13-3-1-2-4-14(13)19-15/h1-9,18H,17H2. The third kappa shape index (κ3) is 1.71. The first-order chi connectivity index (χ1) is 9.31. The van der Waals surface area contributed by atoms with Gasteiger partial charge in [-0.2, -0.15) is 0 Å². The Morgan fingerprint density at radius 3 is 2.68 bits per heavy atom. The molecule has 0 saturated heterocycles. The fourth-order valence-corrected chi connectivity index (χ4v) is 4.57. The first-order valence-electron chi connectivity index (χ1n) is 6.17. The van der Waals surface area contributed by atoms with Gasteiger partial charge in [0.15, 0.2) is 0 Å². The molecule has 2 nitrogen and oxygen atoms in total. The molecule has 19 heavy (non-hydrogen) atoms. The molecule has 3 N–H and O–H groups in total. The molecular weight excluding hydrogens is 299 g/mol. The van der Waals surface area contributed by atoms with Crippen LogP contribution in [0.4, 0.5) is 17.1 Å². The zero-order chi connectivity index (χ0) is 12.8. The van der Waals surface area contributed by atoms with Crippen molar-refractivity contribution in [2.24, 2.45) is 0 Å². The molecule has 0 aromatic heterocycles. The molecule has 3 aromatic rings. The predicted octanol–water partition coefficient (Wildman–Crippen LogP) is 2.13. The van der Waals surface area contributed by atoms with E-state index in [-0.39, 0.29) is 0 Å². The number of nitrogens with one attached hydrogen (secondary N) is 1.